The molecule has 0 amide bonds. The van der Waals surface area contributed by atoms with Crippen LogP contribution in [0, 0.1) is 0 Å². The second-order valence-electron chi connectivity index (χ2n) is 5.35. The van der Waals surface area contributed by atoms with Gasteiger partial charge in [0.25, 0.3) is 0 Å². The molecule has 3 N–H and O–H groups in total. The number of anilines is 1. The van der Waals surface area contributed by atoms with E-state index in [-0.39, 0.29) is 0 Å². The number of halogens is 1. The molecule has 1 fully saturated rings. The minimum absolute atomic E-state index is 0.422. The molecule has 0 radical (unpaired) electrons. The molecule has 1 aromatic rings. The van der Waals surface area contributed by atoms with Gasteiger partial charge in [-0.25, -0.2) is 0 Å². The van der Waals surface area contributed by atoms with Crippen LogP contribution in [0.3, 0.4) is 0 Å². The zero-order valence-electron chi connectivity index (χ0n) is 11.9. The summed E-state index contributed by atoms with van der Waals surface area (Å²) in [5.41, 5.74) is 7.72. The number of nitrogens with zero attached hydrogens (tertiary/aromatic N) is 1. The lowest BCUT2D eigenvalue weighted by Gasteiger charge is -2.32. The molecule has 1 aliphatic rings. The molecule has 110 valence electrons. The van der Waals surface area contributed by atoms with Gasteiger partial charge in [0.2, 0.25) is 0 Å². The maximum atomic E-state index is 5.82. The van der Waals surface area contributed by atoms with Crippen LogP contribution in [0.2, 0.25) is 0 Å². The number of hydrogen-bond acceptors (Lipinski definition) is 3. The van der Waals surface area contributed by atoms with Crippen LogP contribution in [0.4, 0.5) is 5.69 Å². The van der Waals surface area contributed by atoms with E-state index in [4.69, 9.17) is 18.0 Å². The third-order valence-corrected chi connectivity index (χ3v) is 4.73. The van der Waals surface area contributed by atoms with Crippen LogP contribution in [-0.4, -0.2) is 35.6 Å². The highest BCUT2D eigenvalue weighted by molar-refractivity contribution is 9.10. The van der Waals surface area contributed by atoms with Crippen LogP contribution in [0.25, 0.3) is 0 Å². The summed E-state index contributed by atoms with van der Waals surface area (Å²) in [4.78, 5) is 2.97. The highest BCUT2D eigenvalue weighted by Gasteiger charge is 2.17. The van der Waals surface area contributed by atoms with Crippen LogP contribution in [-0.2, 0) is 0 Å². The third kappa shape index (κ3) is 3.93. The summed E-state index contributed by atoms with van der Waals surface area (Å²) in [6.45, 7) is 5.61. The second-order valence-corrected chi connectivity index (χ2v) is 6.65. The average Bonchev–Trinajstić information content (AvgIpc) is 2.45. The molecular weight excluding hydrogens is 334 g/mol. The first kappa shape index (κ1) is 15.7. The molecule has 5 heteroatoms. The summed E-state index contributed by atoms with van der Waals surface area (Å²) in [6, 6.07) is 6.52. The van der Waals surface area contributed by atoms with Crippen LogP contribution < -0.4 is 11.1 Å². The predicted octanol–water partition coefficient (Wildman–Crippen LogP) is 3.37. The standard InChI is InChI=1S/C15H22BrN3S/c1-11(19-8-3-2-4-9-19)10-18-13-7-5-6-12(16)14(13)15(17)20/h5-7,11,18H,2-4,8-10H2,1H3,(H2,17,20). The van der Waals surface area contributed by atoms with E-state index in [9.17, 15) is 0 Å². The first-order chi connectivity index (χ1) is 9.59. The van der Waals surface area contributed by atoms with Gasteiger partial charge in [0.1, 0.15) is 4.99 Å². The average molecular weight is 356 g/mol. The van der Waals surface area contributed by atoms with Crippen LogP contribution in [0.15, 0.2) is 22.7 Å². The fourth-order valence-electron chi connectivity index (χ4n) is 2.67. The summed E-state index contributed by atoms with van der Waals surface area (Å²) in [7, 11) is 0. The summed E-state index contributed by atoms with van der Waals surface area (Å²) in [5, 5.41) is 3.49. The normalized spacial score (nSPS) is 17.7. The van der Waals surface area contributed by atoms with Gasteiger partial charge in [0, 0.05) is 28.3 Å². The summed E-state index contributed by atoms with van der Waals surface area (Å²) >= 11 is 8.65. The van der Waals surface area contributed by atoms with Crippen molar-refractivity contribution < 1.29 is 0 Å². The van der Waals surface area contributed by atoms with Crippen molar-refractivity contribution in [2.45, 2.75) is 32.2 Å². The Morgan fingerprint density at radius 1 is 1.40 bits per heavy atom. The number of rotatable bonds is 5. The van der Waals surface area contributed by atoms with Crippen molar-refractivity contribution in [1.29, 1.82) is 0 Å². The fraction of sp³-hybridized carbons (Fsp3) is 0.533. The van der Waals surface area contributed by atoms with E-state index >= 15 is 0 Å². The fourth-order valence-corrected chi connectivity index (χ4v) is 3.60. The van der Waals surface area contributed by atoms with Gasteiger partial charge < -0.3 is 11.1 Å². The maximum Gasteiger partial charge on any atom is 0.107 e. The molecule has 1 saturated heterocycles. The number of hydrogen-bond donors (Lipinski definition) is 2. The minimum Gasteiger partial charge on any atom is -0.389 e. The molecule has 0 aromatic heterocycles. The van der Waals surface area contributed by atoms with Crippen molar-refractivity contribution in [1.82, 2.24) is 4.90 Å². The molecule has 1 heterocycles. The Hall–Kier alpha value is -0.650. The molecule has 0 saturated carbocycles. The molecule has 0 bridgehead atoms. The zero-order valence-corrected chi connectivity index (χ0v) is 14.3. The number of benzene rings is 1. The topological polar surface area (TPSA) is 41.3 Å². The molecule has 0 aliphatic carbocycles. The van der Waals surface area contributed by atoms with Gasteiger partial charge in [-0.2, -0.15) is 0 Å². The van der Waals surface area contributed by atoms with Gasteiger partial charge in [-0.15, -0.1) is 0 Å². The number of nitrogens with one attached hydrogen (secondary N) is 1. The van der Waals surface area contributed by atoms with Crippen LogP contribution >= 0.6 is 28.1 Å². The number of thiocarbonyl (C=S) groups is 1. The van der Waals surface area contributed by atoms with E-state index in [2.05, 4.69) is 33.1 Å². The van der Waals surface area contributed by atoms with Crippen molar-refractivity contribution in [3.63, 3.8) is 0 Å². The molecular formula is C15H22BrN3S. The molecule has 1 atom stereocenters. The van der Waals surface area contributed by atoms with Crippen molar-refractivity contribution in [3.05, 3.63) is 28.2 Å². The Balaban J connectivity index is 2.00. The van der Waals surface area contributed by atoms with Crippen LogP contribution in [0.1, 0.15) is 31.7 Å². The van der Waals surface area contributed by atoms with E-state index in [0.717, 1.165) is 22.3 Å². The molecule has 20 heavy (non-hydrogen) atoms. The minimum atomic E-state index is 0.422. The maximum absolute atomic E-state index is 5.82. The summed E-state index contributed by atoms with van der Waals surface area (Å²) in [5.74, 6) is 0. The lowest BCUT2D eigenvalue weighted by atomic mass is 10.1. The smallest absolute Gasteiger partial charge is 0.107 e. The van der Waals surface area contributed by atoms with E-state index in [1.165, 1.54) is 32.4 Å². The summed E-state index contributed by atoms with van der Waals surface area (Å²) < 4.78 is 0.945. The van der Waals surface area contributed by atoms with Crippen molar-refractivity contribution in [3.8, 4) is 0 Å². The number of nitrogens with two attached hydrogens (primary N) is 1. The number of piperidine rings is 1. The van der Waals surface area contributed by atoms with E-state index in [1.54, 1.807) is 0 Å². The molecule has 0 spiro atoms. The Morgan fingerprint density at radius 2 is 2.10 bits per heavy atom. The lowest BCUT2D eigenvalue weighted by Crippen LogP contribution is -2.41. The van der Waals surface area contributed by atoms with E-state index in [1.807, 2.05) is 18.2 Å². The van der Waals surface area contributed by atoms with Gasteiger partial charge in [0.15, 0.2) is 0 Å². The van der Waals surface area contributed by atoms with Crippen molar-refractivity contribution >= 4 is 38.8 Å². The highest BCUT2D eigenvalue weighted by Crippen LogP contribution is 2.25. The molecule has 2 rings (SSSR count). The molecule has 1 unspecified atom stereocenters. The zero-order chi connectivity index (χ0) is 14.5. The Labute approximate surface area is 135 Å². The van der Waals surface area contributed by atoms with Crippen molar-refractivity contribution in [2.75, 3.05) is 25.0 Å². The Bertz CT molecular complexity index is 472. The van der Waals surface area contributed by atoms with Gasteiger partial charge >= 0.3 is 0 Å². The first-order valence-corrected chi connectivity index (χ1v) is 8.36. The first-order valence-electron chi connectivity index (χ1n) is 7.16. The second kappa shape index (κ2) is 7.38. The molecule has 1 aromatic carbocycles. The van der Waals surface area contributed by atoms with Gasteiger partial charge in [-0.3, -0.25) is 4.90 Å². The van der Waals surface area contributed by atoms with E-state index in [0.29, 0.717) is 11.0 Å². The van der Waals surface area contributed by atoms with Gasteiger partial charge in [0.05, 0.1) is 0 Å². The highest BCUT2D eigenvalue weighted by atomic mass is 79.9. The predicted molar refractivity (Wildman–Crippen MR) is 93.4 cm³/mol. The monoisotopic (exact) mass is 355 g/mol. The quantitative estimate of drug-likeness (QED) is 0.794. The lowest BCUT2D eigenvalue weighted by molar-refractivity contribution is 0.180. The Kier molecular flexibility index (Phi) is 5.81. The largest absolute Gasteiger partial charge is 0.389 e. The summed E-state index contributed by atoms with van der Waals surface area (Å²) in [6.07, 6.45) is 4.01. The van der Waals surface area contributed by atoms with Crippen LogP contribution in [0.5, 0.6) is 0 Å². The molecule has 3 nitrogen and oxygen atoms in total. The Morgan fingerprint density at radius 3 is 2.75 bits per heavy atom. The van der Waals surface area contributed by atoms with Gasteiger partial charge in [-0.1, -0.05) is 24.7 Å². The van der Waals surface area contributed by atoms with Gasteiger partial charge in [-0.05, 0) is 60.9 Å². The third-order valence-electron chi connectivity index (χ3n) is 3.86. The number of likely N-dealkylation sites (tertiary alicyclic amines) is 1. The molecule has 1 aliphatic heterocycles. The SMILES string of the molecule is CC(CNc1cccc(Br)c1C(N)=S)N1CCCCC1. The van der Waals surface area contributed by atoms with E-state index < -0.39 is 0 Å². The van der Waals surface area contributed by atoms with Crippen molar-refractivity contribution in [2.24, 2.45) is 5.73 Å².